The second-order valence-electron chi connectivity index (χ2n) is 39.0. The molecule has 0 fully saturated rings. The van der Waals surface area contributed by atoms with Crippen LogP contribution < -0.4 is 19.6 Å². The van der Waals surface area contributed by atoms with E-state index in [9.17, 15) is 0 Å². The van der Waals surface area contributed by atoms with Crippen LogP contribution in [0.4, 0.5) is 68.2 Å². The number of hydrogen-bond donors (Lipinski definition) is 0. The van der Waals surface area contributed by atoms with Crippen LogP contribution in [0.15, 0.2) is 510 Å². The molecular weight excluding hydrogens is 1840 g/mol. The Hall–Kier alpha value is -17.6. The molecule has 0 unspecified atom stereocenters. The molecule has 0 saturated heterocycles. The maximum atomic E-state index is 2.58. The summed E-state index contributed by atoms with van der Waals surface area (Å²) in [5, 5.41) is 20.1. The fourth-order valence-corrected chi connectivity index (χ4v) is 30.2. The highest BCUT2D eigenvalue weighted by atomic mass is 32.1. The van der Waals surface area contributed by atoms with Gasteiger partial charge in [-0.05, 0) is 303 Å². The van der Waals surface area contributed by atoms with Crippen molar-refractivity contribution in [3.63, 3.8) is 0 Å². The van der Waals surface area contributed by atoms with Gasteiger partial charge in [-0.25, -0.2) is 0 Å². The van der Waals surface area contributed by atoms with Crippen molar-refractivity contribution in [2.75, 3.05) is 19.6 Å². The summed E-state index contributed by atoms with van der Waals surface area (Å²) in [6, 6.07) is 191. The number of thiophene rings is 4. The van der Waals surface area contributed by atoms with Crippen LogP contribution >= 0.6 is 45.3 Å². The Morgan fingerprint density at radius 2 is 0.425 bits per heavy atom. The fourth-order valence-electron chi connectivity index (χ4n) is 25.6. The predicted molar refractivity (Wildman–Crippen MR) is 626 cm³/mol. The second-order valence-corrected chi connectivity index (χ2v) is 43.3. The molecule has 4 aromatic heterocycles. The van der Waals surface area contributed by atoms with E-state index < -0.39 is 10.8 Å². The van der Waals surface area contributed by atoms with Crippen LogP contribution in [-0.4, -0.2) is 0 Å². The summed E-state index contributed by atoms with van der Waals surface area (Å²) in [4.78, 5) is 9.94. The van der Waals surface area contributed by atoms with Crippen LogP contribution in [0, 0.1) is 0 Å². The molecule has 146 heavy (non-hydrogen) atoms. The Bertz CT molecular complexity index is 10300. The molecule has 0 saturated carbocycles. The molecule has 28 aromatic rings. The summed E-state index contributed by atoms with van der Waals surface area (Å²) in [7, 11) is 0. The summed E-state index contributed by atoms with van der Waals surface area (Å²) < 4.78 is 10.4. The van der Waals surface area contributed by atoms with E-state index in [1.807, 2.05) is 45.3 Å². The molecule has 2 spiro atoms. The van der Waals surface area contributed by atoms with Gasteiger partial charge in [0.2, 0.25) is 0 Å². The highest BCUT2D eigenvalue weighted by Gasteiger charge is 2.55. The monoisotopic (exact) mass is 1920 g/mol. The maximum Gasteiger partial charge on any atom is 0.0726 e. The molecule has 0 amide bonds. The van der Waals surface area contributed by atoms with Gasteiger partial charge >= 0.3 is 0 Å². The highest BCUT2D eigenvalue weighted by molar-refractivity contribution is 7.27. The van der Waals surface area contributed by atoms with Gasteiger partial charge in [-0.1, -0.05) is 328 Å². The molecule has 4 aliphatic rings. The average Bonchev–Trinajstić information content (AvgIpc) is 1.50. The molecule has 0 aliphatic heterocycles. The van der Waals surface area contributed by atoms with Gasteiger partial charge in [0.1, 0.15) is 0 Å². The average molecular weight is 1930 g/mol. The lowest BCUT2D eigenvalue weighted by Crippen LogP contribution is -2.26. The first-order valence-corrected chi connectivity index (χ1v) is 53.4. The third kappa shape index (κ3) is 12.2. The Kier molecular flexibility index (Phi) is 18.5. The zero-order valence-corrected chi connectivity index (χ0v) is 82.2. The van der Waals surface area contributed by atoms with Gasteiger partial charge < -0.3 is 19.6 Å². The van der Waals surface area contributed by atoms with Crippen molar-refractivity contribution in [1.29, 1.82) is 0 Å². The number of anilines is 12. The first-order valence-electron chi connectivity index (χ1n) is 50.1. The van der Waals surface area contributed by atoms with E-state index in [4.69, 9.17) is 0 Å². The molecule has 0 atom stereocenters. The summed E-state index contributed by atoms with van der Waals surface area (Å²) >= 11 is 7.49. The third-order valence-corrected chi connectivity index (χ3v) is 36.3. The molecule has 0 radical (unpaired) electrons. The van der Waals surface area contributed by atoms with E-state index in [1.54, 1.807) is 0 Å². The molecule has 24 aromatic carbocycles. The standard InChI is InChI=1S/2C69H42N2S2/c1-3-19-45(20-4-1)70(61-33-17-29-54-51-26-11-15-35-64(51)72-67(54)61)47-38-37-43-40-56-59(41-44(43)39-47)69(57-31-13-9-23-48(57)49-24-10-14-32-58(49)69)60-42-63(50-25-7-8-28-53(50)66(56)60)71(46-21-5-2-6-22-46)62-34-18-30-55-52-27-12-16-36-65(52)73-68(55)62;1-3-17-45(18-4-1)70(48-33-35-66-56(40-48)53-24-11-15-29-64(53)72-66)47-32-31-43-38-58-61(39-44(43)37-47)69(59-27-13-9-21-50(59)51-22-10-14-28-60(51)69)62-42-63(52-23-7-8-26-55(52)68(58)62)71(46-19-5-2-6-20-46)49-34-36-67-57(41-49)54-25-12-16-30-65(54)73-67/h2*1-42H. The van der Waals surface area contributed by atoms with Crippen molar-refractivity contribution in [2.24, 2.45) is 0 Å². The predicted octanol–water partition coefficient (Wildman–Crippen LogP) is 40.0. The molecule has 4 nitrogen and oxygen atoms in total. The van der Waals surface area contributed by atoms with Gasteiger partial charge in [0, 0.05) is 128 Å². The second kappa shape index (κ2) is 32.5. The molecular formula is C138H84N4S4. The van der Waals surface area contributed by atoms with Crippen molar-refractivity contribution in [2.45, 2.75) is 10.8 Å². The zero-order chi connectivity index (χ0) is 95.6. The van der Waals surface area contributed by atoms with Crippen molar-refractivity contribution >= 4 is 237 Å². The van der Waals surface area contributed by atoms with E-state index in [0.717, 1.165) is 51.2 Å². The maximum absolute atomic E-state index is 2.58. The molecule has 4 aliphatic carbocycles. The van der Waals surface area contributed by atoms with Gasteiger partial charge in [-0.15, -0.1) is 45.3 Å². The van der Waals surface area contributed by atoms with Crippen LogP contribution in [0.5, 0.6) is 0 Å². The van der Waals surface area contributed by atoms with Crippen molar-refractivity contribution in [1.82, 2.24) is 0 Å². The van der Waals surface area contributed by atoms with Crippen molar-refractivity contribution in [3.05, 3.63) is 554 Å². The van der Waals surface area contributed by atoms with E-state index in [1.165, 1.54) is 230 Å². The quantitative estimate of drug-likeness (QED) is 0.121. The van der Waals surface area contributed by atoms with Crippen LogP contribution in [0.3, 0.4) is 0 Å². The zero-order valence-electron chi connectivity index (χ0n) is 78.9. The Morgan fingerprint density at radius 1 is 0.137 bits per heavy atom. The van der Waals surface area contributed by atoms with Crippen LogP contribution in [-0.2, 0) is 10.8 Å². The van der Waals surface area contributed by atoms with Crippen LogP contribution in [0.2, 0.25) is 0 Å². The number of nitrogens with zero attached hydrogens (tertiary/aromatic N) is 4. The van der Waals surface area contributed by atoms with Crippen molar-refractivity contribution in [3.8, 4) is 44.5 Å². The van der Waals surface area contributed by atoms with Gasteiger partial charge in [-0.2, -0.15) is 0 Å². The minimum atomic E-state index is -0.603. The van der Waals surface area contributed by atoms with E-state index in [0.29, 0.717) is 0 Å². The number of para-hydroxylation sites is 4. The summed E-state index contributed by atoms with van der Waals surface area (Å²) in [5.74, 6) is 0. The molecule has 0 N–H and O–H groups in total. The van der Waals surface area contributed by atoms with E-state index in [-0.39, 0.29) is 0 Å². The molecule has 32 rings (SSSR count). The highest BCUT2D eigenvalue weighted by Crippen LogP contribution is 2.69. The number of benzene rings is 24. The van der Waals surface area contributed by atoms with Gasteiger partial charge in [0.25, 0.3) is 0 Å². The summed E-state index contributed by atoms with van der Waals surface area (Å²) in [6.07, 6.45) is 0. The SMILES string of the molecule is c1ccc(N(c2ccc3cc4c(cc3c2)C2(c3ccccc3-c3ccccc32)c2cc(N(c3ccccc3)c3ccc5sc6ccccc6c5c3)c3ccccc3c2-4)c2ccc3sc4ccccc4c3c2)cc1.c1ccc(N(c2ccc3cc4c(cc3c2)C2(c3ccccc3-c3ccccc32)c2cc(N(c3ccccc3)c3cccc5c3sc3ccccc35)c3ccccc3c2-4)c2cccc3c2sc2ccccc23)cc1. The summed E-state index contributed by atoms with van der Waals surface area (Å²) in [5.41, 5.74) is 33.5. The number of rotatable bonds is 12. The number of hydrogen-bond acceptors (Lipinski definition) is 8. The van der Waals surface area contributed by atoms with Crippen LogP contribution in [0.1, 0.15) is 44.5 Å². The Labute approximate surface area is 859 Å². The molecule has 680 valence electrons. The smallest absolute Gasteiger partial charge is 0.0726 e. The molecule has 4 heterocycles. The minimum Gasteiger partial charge on any atom is -0.310 e. The normalized spacial score (nSPS) is 13.0. The van der Waals surface area contributed by atoms with Crippen LogP contribution in [0.25, 0.3) is 168 Å². The number of fused-ring (bicyclic) bond motifs is 38. The topological polar surface area (TPSA) is 13.0 Å². The van der Waals surface area contributed by atoms with Crippen molar-refractivity contribution < 1.29 is 0 Å². The lowest BCUT2D eigenvalue weighted by Gasteiger charge is -2.33. The molecule has 8 heteroatoms. The fraction of sp³-hybridized carbons (Fsp3) is 0.0145. The van der Waals surface area contributed by atoms with Gasteiger partial charge in [0.15, 0.2) is 0 Å². The largest absolute Gasteiger partial charge is 0.310 e. The first kappa shape index (κ1) is 83.1. The third-order valence-electron chi connectivity index (χ3n) is 31.6. The Morgan fingerprint density at radius 3 is 0.842 bits per heavy atom. The van der Waals surface area contributed by atoms with E-state index >= 15 is 0 Å². The Balaban J connectivity index is 0.000000133. The summed E-state index contributed by atoms with van der Waals surface area (Å²) in [6.45, 7) is 0. The van der Waals surface area contributed by atoms with E-state index in [2.05, 4.69) is 529 Å². The van der Waals surface area contributed by atoms with Gasteiger partial charge in [0.05, 0.1) is 43.0 Å². The lowest BCUT2D eigenvalue weighted by atomic mass is 9.70. The molecule has 0 bridgehead atoms. The van der Waals surface area contributed by atoms with Gasteiger partial charge in [-0.3, -0.25) is 0 Å². The first-order chi connectivity index (χ1) is 72.4. The lowest BCUT2D eigenvalue weighted by molar-refractivity contribution is 0.795. The minimum absolute atomic E-state index is 0.596.